The van der Waals surface area contributed by atoms with Gasteiger partial charge in [0, 0.05) is 16.5 Å². The maximum atomic E-state index is 10.1. The van der Waals surface area contributed by atoms with Gasteiger partial charge >= 0.3 is 0 Å². The van der Waals surface area contributed by atoms with E-state index in [1.807, 2.05) is 41.8 Å². The first-order chi connectivity index (χ1) is 13.2. The minimum absolute atomic E-state index is 0.0148. The van der Waals surface area contributed by atoms with Crippen LogP contribution in [0.25, 0.3) is 10.6 Å². The molecule has 0 amide bonds. The van der Waals surface area contributed by atoms with Crippen molar-refractivity contribution in [3.05, 3.63) is 59.1 Å². The van der Waals surface area contributed by atoms with Gasteiger partial charge in [0.2, 0.25) is 5.75 Å². The summed E-state index contributed by atoms with van der Waals surface area (Å²) < 4.78 is 10.5. The van der Waals surface area contributed by atoms with Crippen LogP contribution in [0.2, 0.25) is 0 Å². The van der Waals surface area contributed by atoms with E-state index in [9.17, 15) is 5.11 Å². The Bertz CT molecular complexity index is 982. The molecule has 0 saturated heterocycles. The molecule has 136 valence electrons. The zero-order valence-corrected chi connectivity index (χ0v) is 15.7. The van der Waals surface area contributed by atoms with Crippen molar-refractivity contribution in [1.82, 2.24) is 4.98 Å². The summed E-state index contributed by atoms with van der Waals surface area (Å²) in [4.78, 5) is 9.05. The summed E-state index contributed by atoms with van der Waals surface area (Å²) >= 11 is 1.50. The summed E-state index contributed by atoms with van der Waals surface area (Å²) in [6.07, 6.45) is 0. The van der Waals surface area contributed by atoms with Crippen molar-refractivity contribution in [2.45, 2.75) is 0 Å². The van der Waals surface area contributed by atoms with Gasteiger partial charge in [-0.25, -0.2) is 4.98 Å². The van der Waals surface area contributed by atoms with E-state index < -0.39 is 0 Å². The molecule has 0 aliphatic heterocycles. The minimum atomic E-state index is -0.0911. The molecule has 1 aromatic heterocycles. The number of nitriles is 1. The standard InChI is InChI=1S/C20H17N3O3S/c1-25-16-10-14(11-17(26-2)19(16)24)18(22-9-8-21)15-12-27-20(23-15)13-6-4-3-5-7-13/h3-7,10-12,24H,9H2,1-2H3/b22-18-. The van der Waals surface area contributed by atoms with Crippen LogP contribution in [0.5, 0.6) is 17.2 Å². The van der Waals surface area contributed by atoms with Crippen LogP contribution in [0.4, 0.5) is 0 Å². The zero-order chi connectivity index (χ0) is 19.2. The van der Waals surface area contributed by atoms with Gasteiger partial charge in [0.15, 0.2) is 11.5 Å². The molecule has 0 aliphatic carbocycles. The molecule has 27 heavy (non-hydrogen) atoms. The highest BCUT2D eigenvalue weighted by Crippen LogP contribution is 2.38. The molecule has 0 atom stereocenters. The fourth-order valence-corrected chi connectivity index (χ4v) is 3.37. The third-order valence-corrected chi connectivity index (χ3v) is 4.72. The smallest absolute Gasteiger partial charge is 0.200 e. The average Bonchev–Trinajstić information content (AvgIpc) is 3.19. The number of benzene rings is 2. The lowest BCUT2D eigenvalue weighted by molar-refractivity contribution is 0.340. The van der Waals surface area contributed by atoms with Crippen molar-refractivity contribution in [3.8, 4) is 33.9 Å². The molecule has 0 spiro atoms. The van der Waals surface area contributed by atoms with E-state index in [4.69, 9.17) is 14.7 Å². The monoisotopic (exact) mass is 379 g/mol. The lowest BCUT2D eigenvalue weighted by Gasteiger charge is -2.12. The number of thiazole rings is 1. The molecule has 7 heteroatoms. The van der Waals surface area contributed by atoms with E-state index in [0.717, 1.165) is 10.6 Å². The molecule has 6 nitrogen and oxygen atoms in total. The fraction of sp³-hybridized carbons (Fsp3) is 0.150. The van der Waals surface area contributed by atoms with Crippen LogP contribution in [-0.4, -0.2) is 36.6 Å². The summed E-state index contributed by atoms with van der Waals surface area (Å²) in [6, 6.07) is 15.2. The van der Waals surface area contributed by atoms with E-state index in [0.29, 0.717) is 17.0 Å². The predicted octanol–water partition coefficient (Wildman–Crippen LogP) is 3.89. The predicted molar refractivity (Wildman–Crippen MR) is 105 cm³/mol. The largest absolute Gasteiger partial charge is 0.502 e. The lowest BCUT2D eigenvalue weighted by Crippen LogP contribution is -2.06. The Balaban J connectivity index is 2.09. The van der Waals surface area contributed by atoms with Gasteiger partial charge in [0.25, 0.3) is 0 Å². The van der Waals surface area contributed by atoms with Crippen molar-refractivity contribution < 1.29 is 14.6 Å². The van der Waals surface area contributed by atoms with E-state index >= 15 is 0 Å². The normalized spacial score (nSPS) is 11.1. The van der Waals surface area contributed by atoms with E-state index in [1.54, 1.807) is 12.1 Å². The van der Waals surface area contributed by atoms with Crippen molar-refractivity contribution in [3.63, 3.8) is 0 Å². The molecule has 1 N–H and O–H groups in total. The number of ether oxygens (including phenoxy) is 2. The van der Waals surface area contributed by atoms with Crippen molar-refractivity contribution in [2.24, 2.45) is 4.99 Å². The molecule has 0 aliphatic rings. The summed E-state index contributed by atoms with van der Waals surface area (Å²) in [7, 11) is 2.92. The molecule has 3 rings (SSSR count). The van der Waals surface area contributed by atoms with E-state index in [-0.39, 0.29) is 23.8 Å². The van der Waals surface area contributed by atoms with Gasteiger partial charge in [-0.05, 0) is 12.1 Å². The number of nitrogens with zero attached hydrogens (tertiary/aromatic N) is 3. The summed E-state index contributed by atoms with van der Waals surface area (Å²) in [6.45, 7) is -0.0148. The van der Waals surface area contributed by atoms with Gasteiger partial charge in [-0.3, -0.25) is 4.99 Å². The van der Waals surface area contributed by atoms with Crippen molar-refractivity contribution in [1.29, 1.82) is 5.26 Å². The van der Waals surface area contributed by atoms with Crippen LogP contribution in [0, 0.1) is 11.3 Å². The molecule has 1 heterocycles. The first-order valence-corrected chi connectivity index (χ1v) is 8.94. The number of aliphatic imine (C=N–C) groups is 1. The van der Waals surface area contributed by atoms with Gasteiger partial charge in [0.05, 0.1) is 26.0 Å². The number of methoxy groups -OCH3 is 2. The topological polar surface area (TPSA) is 87.7 Å². The van der Waals surface area contributed by atoms with E-state index in [1.165, 1.54) is 25.6 Å². The zero-order valence-electron chi connectivity index (χ0n) is 14.8. The van der Waals surface area contributed by atoms with Gasteiger partial charge in [-0.15, -0.1) is 11.3 Å². The van der Waals surface area contributed by atoms with Crippen LogP contribution in [0.1, 0.15) is 11.3 Å². The molecular weight excluding hydrogens is 362 g/mol. The first kappa shape index (κ1) is 18.4. The van der Waals surface area contributed by atoms with Gasteiger partial charge < -0.3 is 14.6 Å². The molecule has 0 radical (unpaired) electrons. The van der Waals surface area contributed by atoms with Crippen LogP contribution < -0.4 is 9.47 Å². The maximum absolute atomic E-state index is 10.1. The highest BCUT2D eigenvalue weighted by molar-refractivity contribution is 7.13. The fourth-order valence-electron chi connectivity index (χ4n) is 2.56. The van der Waals surface area contributed by atoms with Crippen molar-refractivity contribution >= 4 is 17.0 Å². The van der Waals surface area contributed by atoms with Crippen LogP contribution in [0.15, 0.2) is 52.8 Å². The van der Waals surface area contributed by atoms with Gasteiger partial charge in [-0.1, -0.05) is 30.3 Å². The highest BCUT2D eigenvalue weighted by atomic mass is 32.1. The van der Waals surface area contributed by atoms with Crippen LogP contribution in [0.3, 0.4) is 0 Å². The van der Waals surface area contributed by atoms with Gasteiger partial charge in [-0.2, -0.15) is 5.26 Å². The summed E-state index contributed by atoms with van der Waals surface area (Å²) in [5.41, 5.74) is 2.83. The first-order valence-electron chi connectivity index (χ1n) is 8.06. The second-order valence-electron chi connectivity index (χ2n) is 5.46. The number of phenolic OH excluding ortho intramolecular Hbond substituents is 1. The average molecular weight is 379 g/mol. The molecular formula is C20H17N3O3S. The molecule has 0 fully saturated rings. The highest BCUT2D eigenvalue weighted by Gasteiger charge is 2.18. The van der Waals surface area contributed by atoms with Crippen molar-refractivity contribution in [2.75, 3.05) is 20.8 Å². The van der Waals surface area contributed by atoms with Crippen LogP contribution >= 0.6 is 11.3 Å². The second kappa shape index (κ2) is 8.34. The Hall–Kier alpha value is -3.37. The van der Waals surface area contributed by atoms with Crippen LogP contribution in [-0.2, 0) is 0 Å². The molecule has 0 bridgehead atoms. The number of hydrogen-bond acceptors (Lipinski definition) is 7. The number of aromatic hydroxyl groups is 1. The third kappa shape index (κ3) is 3.91. The minimum Gasteiger partial charge on any atom is -0.502 e. The SMILES string of the molecule is COc1cc(/C(=N/CC#N)c2csc(-c3ccccc3)n2)cc(OC)c1O. The second-order valence-corrected chi connectivity index (χ2v) is 6.31. The number of hydrogen-bond donors (Lipinski definition) is 1. The summed E-state index contributed by atoms with van der Waals surface area (Å²) in [5.74, 6) is 0.423. The Kier molecular flexibility index (Phi) is 5.69. The summed E-state index contributed by atoms with van der Waals surface area (Å²) in [5, 5.41) is 21.9. The maximum Gasteiger partial charge on any atom is 0.200 e. The Morgan fingerprint density at radius 3 is 2.44 bits per heavy atom. The molecule has 2 aromatic carbocycles. The Labute approximate surface area is 161 Å². The van der Waals surface area contributed by atoms with E-state index in [2.05, 4.69) is 9.98 Å². The Morgan fingerprint density at radius 1 is 1.19 bits per heavy atom. The molecule has 3 aromatic rings. The number of rotatable bonds is 6. The molecule has 0 saturated carbocycles. The molecule has 0 unspecified atom stereocenters. The Morgan fingerprint density at radius 2 is 1.85 bits per heavy atom. The number of aromatic nitrogens is 1. The van der Waals surface area contributed by atoms with Gasteiger partial charge in [0.1, 0.15) is 17.2 Å². The third-order valence-electron chi connectivity index (χ3n) is 3.83. The number of phenols is 1. The quantitative estimate of drug-likeness (QED) is 0.518. The lowest BCUT2D eigenvalue weighted by atomic mass is 10.1.